The van der Waals surface area contributed by atoms with Crippen molar-refractivity contribution in [3.05, 3.63) is 101 Å². The van der Waals surface area contributed by atoms with Gasteiger partial charge in [0.05, 0.1) is 23.9 Å². The molecule has 1 atom stereocenters. The fourth-order valence-electron chi connectivity index (χ4n) is 4.76. The van der Waals surface area contributed by atoms with Crippen molar-refractivity contribution in [2.45, 2.75) is 19.8 Å². The van der Waals surface area contributed by atoms with Crippen LogP contribution in [0.25, 0.3) is 22.6 Å². The zero-order valence-electron chi connectivity index (χ0n) is 20.6. The van der Waals surface area contributed by atoms with E-state index in [0.29, 0.717) is 17.2 Å². The van der Waals surface area contributed by atoms with E-state index in [1.807, 2.05) is 66.7 Å². The van der Waals surface area contributed by atoms with E-state index < -0.39 is 0 Å². The summed E-state index contributed by atoms with van der Waals surface area (Å²) in [7, 11) is 1.62. The third-order valence-corrected chi connectivity index (χ3v) is 6.41. The minimum atomic E-state index is -0.337. The molecule has 0 saturated carbocycles. The first kappa shape index (κ1) is 23.6. The molecule has 1 heterocycles. The molecule has 0 aliphatic heterocycles. The number of esters is 1. The van der Waals surface area contributed by atoms with Crippen LogP contribution in [0.15, 0.2) is 78.9 Å². The van der Waals surface area contributed by atoms with Crippen LogP contribution in [0.3, 0.4) is 0 Å². The van der Waals surface area contributed by atoms with Crippen molar-refractivity contribution in [2.75, 3.05) is 20.3 Å². The number of hydrogen-bond donors (Lipinski definition) is 0. The molecule has 1 aromatic heterocycles. The van der Waals surface area contributed by atoms with Crippen molar-refractivity contribution in [3.8, 4) is 11.5 Å². The van der Waals surface area contributed by atoms with Gasteiger partial charge in [0.1, 0.15) is 24.7 Å². The number of fused-ring (bicyclic) bond motifs is 2. The Morgan fingerprint density at radius 1 is 0.917 bits per heavy atom. The van der Waals surface area contributed by atoms with Crippen molar-refractivity contribution in [2.24, 2.45) is 5.92 Å². The molecule has 36 heavy (non-hydrogen) atoms. The molecule has 0 fully saturated rings. The summed E-state index contributed by atoms with van der Waals surface area (Å²) in [6.45, 7) is 2.63. The lowest BCUT2D eigenvalue weighted by atomic mass is 9.80. The first-order valence-corrected chi connectivity index (χ1v) is 12.2. The first-order valence-electron chi connectivity index (χ1n) is 12.2. The monoisotopic (exact) mass is 479 g/mol. The fraction of sp³-hybridized carbons (Fsp3) is 0.226. The van der Waals surface area contributed by atoms with Crippen molar-refractivity contribution in [3.63, 3.8) is 0 Å². The minimum absolute atomic E-state index is 0.151. The number of carbonyl (C=O) groups is 1. The van der Waals surface area contributed by atoms with Crippen LogP contribution in [0.5, 0.6) is 11.5 Å². The Kier molecular flexibility index (Phi) is 6.99. The SMILES string of the molecule is COc1ccc(OCCOC(=O)c2c3c(nc4ccccc24)C(=Cc2ccccc2)CC(C)C3)cc1. The first-order chi connectivity index (χ1) is 17.6. The van der Waals surface area contributed by atoms with Gasteiger partial charge in [0.15, 0.2) is 0 Å². The highest BCUT2D eigenvalue weighted by Gasteiger charge is 2.28. The number of para-hydroxylation sites is 1. The third-order valence-electron chi connectivity index (χ3n) is 6.41. The Morgan fingerprint density at radius 3 is 2.42 bits per heavy atom. The second-order valence-electron chi connectivity index (χ2n) is 9.08. The number of allylic oxidation sites excluding steroid dienone is 1. The Labute approximate surface area is 211 Å². The van der Waals surface area contributed by atoms with Gasteiger partial charge < -0.3 is 14.2 Å². The molecule has 0 amide bonds. The van der Waals surface area contributed by atoms with Crippen molar-refractivity contribution < 1.29 is 19.0 Å². The Morgan fingerprint density at radius 2 is 1.64 bits per heavy atom. The van der Waals surface area contributed by atoms with Gasteiger partial charge in [0.2, 0.25) is 0 Å². The van der Waals surface area contributed by atoms with Crippen LogP contribution in [0, 0.1) is 5.92 Å². The maximum absolute atomic E-state index is 13.5. The molecule has 0 saturated heterocycles. The number of carbonyl (C=O) groups excluding carboxylic acids is 1. The topological polar surface area (TPSA) is 57.7 Å². The van der Waals surface area contributed by atoms with Gasteiger partial charge >= 0.3 is 5.97 Å². The maximum Gasteiger partial charge on any atom is 0.339 e. The molecule has 0 spiro atoms. The van der Waals surface area contributed by atoms with Crippen LogP contribution in [-0.4, -0.2) is 31.3 Å². The van der Waals surface area contributed by atoms with E-state index in [1.54, 1.807) is 7.11 Å². The number of ether oxygens (including phenoxy) is 3. The van der Waals surface area contributed by atoms with Crippen LogP contribution in [-0.2, 0) is 11.2 Å². The Hall–Kier alpha value is -4.12. The summed E-state index contributed by atoms with van der Waals surface area (Å²) in [5.74, 6) is 1.51. The number of aromatic nitrogens is 1. The smallest absolute Gasteiger partial charge is 0.339 e. The summed E-state index contributed by atoms with van der Waals surface area (Å²) >= 11 is 0. The van der Waals surface area contributed by atoms with E-state index in [4.69, 9.17) is 19.2 Å². The average Bonchev–Trinajstić information content (AvgIpc) is 2.91. The van der Waals surface area contributed by atoms with Crippen LogP contribution >= 0.6 is 0 Å². The van der Waals surface area contributed by atoms with Crippen molar-refractivity contribution >= 4 is 28.5 Å². The lowest BCUT2D eigenvalue weighted by Gasteiger charge is -2.26. The highest BCUT2D eigenvalue weighted by Crippen LogP contribution is 2.38. The van der Waals surface area contributed by atoms with Gasteiger partial charge in [0.25, 0.3) is 0 Å². The molecular formula is C31H29NO4. The second-order valence-corrected chi connectivity index (χ2v) is 9.08. The molecule has 1 unspecified atom stereocenters. The summed E-state index contributed by atoms with van der Waals surface area (Å²) in [4.78, 5) is 18.5. The molecule has 0 radical (unpaired) electrons. The Bertz CT molecular complexity index is 1390. The zero-order valence-corrected chi connectivity index (χ0v) is 20.6. The van der Waals surface area contributed by atoms with Gasteiger partial charge in [0, 0.05) is 5.39 Å². The fourth-order valence-corrected chi connectivity index (χ4v) is 4.76. The molecule has 0 N–H and O–H groups in total. The van der Waals surface area contributed by atoms with Gasteiger partial charge in [-0.1, -0.05) is 55.5 Å². The molecule has 182 valence electrons. The summed E-state index contributed by atoms with van der Waals surface area (Å²) < 4.78 is 16.6. The minimum Gasteiger partial charge on any atom is -0.497 e. The van der Waals surface area contributed by atoms with Gasteiger partial charge in [-0.3, -0.25) is 0 Å². The molecule has 3 aromatic carbocycles. The summed E-state index contributed by atoms with van der Waals surface area (Å²) in [5.41, 5.74) is 5.56. The normalized spacial score (nSPS) is 15.9. The number of benzene rings is 3. The van der Waals surface area contributed by atoms with E-state index in [0.717, 1.165) is 51.9 Å². The maximum atomic E-state index is 13.5. The molecule has 0 bridgehead atoms. The molecule has 1 aliphatic rings. The molecule has 5 nitrogen and oxygen atoms in total. The van der Waals surface area contributed by atoms with Crippen LogP contribution in [0.2, 0.25) is 0 Å². The predicted molar refractivity (Wildman–Crippen MR) is 142 cm³/mol. The van der Waals surface area contributed by atoms with Gasteiger partial charge in [-0.2, -0.15) is 0 Å². The standard InChI is InChI=1S/C31H29NO4/c1-21-18-23(20-22-8-4-3-5-9-22)30-27(19-21)29(26-10-6-7-11-28(26)32-30)31(33)36-17-16-35-25-14-12-24(34-2)13-15-25/h3-15,20-21H,16-19H2,1-2H3. The number of pyridine rings is 1. The highest BCUT2D eigenvalue weighted by molar-refractivity contribution is 6.06. The number of nitrogens with zero attached hydrogens (tertiary/aromatic N) is 1. The van der Waals surface area contributed by atoms with Gasteiger partial charge in [-0.25, -0.2) is 9.78 Å². The van der Waals surface area contributed by atoms with E-state index in [-0.39, 0.29) is 19.2 Å². The quantitative estimate of drug-likeness (QED) is 0.221. The molecule has 4 aromatic rings. The van der Waals surface area contributed by atoms with Crippen molar-refractivity contribution in [1.82, 2.24) is 4.98 Å². The highest BCUT2D eigenvalue weighted by atomic mass is 16.6. The third kappa shape index (κ3) is 5.10. The summed E-state index contributed by atoms with van der Waals surface area (Å²) in [6, 6.07) is 25.4. The van der Waals surface area contributed by atoms with E-state index >= 15 is 0 Å². The van der Waals surface area contributed by atoms with Crippen LogP contribution < -0.4 is 9.47 Å². The number of rotatable bonds is 7. The van der Waals surface area contributed by atoms with E-state index in [1.165, 1.54) is 0 Å². The van der Waals surface area contributed by atoms with Gasteiger partial charge in [-0.05, 0) is 71.9 Å². The molecule has 5 heteroatoms. The lowest BCUT2D eigenvalue weighted by Crippen LogP contribution is -2.20. The number of hydrogen-bond acceptors (Lipinski definition) is 5. The lowest BCUT2D eigenvalue weighted by molar-refractivity contribution is 0.0451. The van der Waals surface area contributed by atoms with E-state index in [2.05, 4.69) is 25.1 Å². The number of methoxy groups -OCH3 is 1. The summed E-state index contributed by atoms with van der Waals surface area (Å²) in [5, 5.41) is 0.825. The molecule has 1 aliphatic carbocycles. The predicted octanol–water partition coefficient (Wildman–Crippen LogP) is 6.60. The molecular weight excluding hydrogens is 450 g/mol. The van der Waals surface area contributed by atoms with E-state index in [9.17, 15) is 4.79 Å². The second kappa shape index (κ2) is 10.6. The molecule has 5 rings (SSSR count). The van der Waals surface area contributed by atoms with Gasteiger partial charge in [-0.15, -0.1) is 0 Å². The zero-order chi connectivity index (χ0) is 24.9. The largest absolute Gasteiger partial charge is 0.497 e. The van der Waals surface area contributed by atoms with Crippen LogP contribution in [0.1, 0.15) is 40.5 Å². The van der Waals surface area contributed by atoms with Crippen LogP contribution in [0.4, 0.5) is 0 Å². The van der Waals surface area contributed by atoms with Crippen molar-refractivity contribution in [1.29, 1.82) is 0 Å². The summed E-state index contributed by atoms with van der Waals surface area (Å²) in [6.07, 6.45) is 3.89. The average molecular weight is 480 g/mol. The Balaban J connectivity index is 1.42.